The second kappa shape index (κ2) is 11.8. The number of carbonyl (C=O) groups is 1. The number of halogens is 3. The molecule has 3 rings (SSSR count). The van der Waals surface area contributed by atoms with Crippen LogP contribution in [0.25, 0.3) is 0 Å². The molecule has 0 spiro atoms. The molecule has 0 aliphatic carbocycles. The minimum atomic E-state index is -4.70. The van der Waals surface area contributed by atoms with Crippen molar-refractivity contribution in [3.63, 3.8) is 0 Å². The number of carbonyl (C=O) groups excluding carboxylic acids is 1. The van der Waals surface area contributed by atoms with E-state index in [-0.39, 0.29) is 26.2 Å². The fourth-order valence-electron chi connectivity index (χ4n) is 3.34. The zero-order chi connectivity index (χ0) is 25.5. The van der Waals surface area contributed by atoms with Crippen LogP contribution in [0.4, 0.5) is 13.2 Å². The normalized spacial score (nSPS) is 12.1. The minimum absolute atomic E-state index is 0.0327. The standard InChI is InChI=1S/C24H25F3N2O4S2/c1-33-13-12-29(35(31,32)22-11-5-9-20(15-22)24(25,26)27)18-23(30)28(17-21-10-6-14-34-21)16-19-7-3-2-4-8-19/h2-11,14-15H,12-13,16-18H2,1H3. The van der Waals surface area contributed by atoms with E-state index in [1.165, 1.54) is 23.3 Å². The van der Waals surface area contributed by atoms with E-state index in [2.05, 4.69) is 0 Å². The van der Waals surface area contributed by atoms with Gasteiger partial charge in [-0.05, 0) is 35.2 Å². The van der Waals surface area contributed by atoms with Gasteiger partial charge in [-0.15, -0.1) is 11.3 Å². The summed E-state index contributed by atoms with van der Waals surface area (Å²) in [7, 11) is -3.04. The Morgan fingerprint density at radius 2 is 1.74 bits per heavy atom. The maximum atomic E-state index is 13.4. The molecule has 1 heterocycles. The second-order valence-corrected chi connectivity index (χ2v) is 10.6. The van der Waals surface area contributed by atoms with Gasteiger partial charge >= 0.3 is 6.18 Å². The number of methoxy groups -OCH3 is 1. The molecule has 0 saturated carbocycles. The molecular weight excluding hydrogens is 501 g/mol. The quantitative estimate of drug-likeness (QED) is 0.365. The first-order valence-electron chi connectivity index (χ1n) is 10.6. The van der Waals surface area contributed by atoms with Gasteiger partial charge in [-0.1, -0.05) is 42.5 Å². The van der Waals surface area contributed by atoms with Gasteiger partial charge in [0.1, 0.15) is 0 Å². The van der Waals surface area contributed by atoms with Gasteiger partial charge in [0.25, 0.3) is 0 Å². The summed E-state index contributed by atoms with van der Waals surface area (Å²) in [5, 5.41) is 1.88. The minimum Gasteiger partial charge on any atom is -0.383 e. The van der Waals surface area contributed by atoms with Crippen molar-refractivity contribution in [1.82, 2.24) is 9.21 Å². The lowest BCUT2D eigenvalue weighted by Gasteiger charge is -2.27. The number of benzene rings is 2. The molecule has 1 amide bonds. The average Bonchev–Trinajstić information content (AvgIpc) is 3.34. The van der Waals surface area contributed by atoms with Crippen molar-refractivity contribution in [3.8, 4) is 0 Å². The Morgan fingerprint density at radius 1 is 1.00 bits per heavy atom. The second-order valence-electron chi connectivity index (χ2n) is 7.67. The molecule has 188 valence electrons. The van der Waals surface area contributed by atoms with Crippen LogP contribution in [-0.2, 0) is 38.8 Å². The van der Waals surface area contributed by atoms with Crippen LogP contribution in [0.3, 0.4) is 0 Å². The van der Waals surface area contributed by atoms with E-state index in [0.29, 0.717) is 6.07 Å². The molecule has 0 atom stereocenters. The number of nitrogens with zero attached hydrogens (tertiary/aromatic N) is 2. The largest absolute Gasteiger partial charge is 0.416 e. The highest BCUT2D eigenvalue weighted by molar-refractivity contribution is 7.89. The van der Waals surface area contributed by atoms with Gasteiger partial charge in [-0.25, -0.2) is 8.42 Å². The summed E-state index contributed by atoms with van der Waals surface area (Å²) < 4.78 is 72.0. The van der Waals surface area contributed by atoms with Crippen molar-refractivity contribution in [1.29, 1.82) is 0 Å². The third kappa shape index (κ3) is 7.38. The highest BCUT2D eigenvalue weighted by Gasteiger charge is 2.34. The van der Waals surface area contributed by atoms with Gasteiger partial charge < -0.3 is 9.64 Å². The fraction of sp³-hybridized carbons (Fsp3) is 0.292. The van der Waals surface area contributed by atoms with Crippen LogP contribution in [0.5, 0.6) is 0 Å². The molecule has 6 nitrogen and oxygen atoms in total. The topological polar surface area (TPSA) is 66.9 Å². The molecule has 3 aromatic rings. The van der Waals surface area contributed by atoms with Crippen molar-refractivity contribution < 1.29 is 31.1 Å². The molecule has 0 N–H and O–H groups in total. The first kappa shape index (κ1) is 26.9. The Balaban J connectivity index is 1.89. The van der Waals surface area contributed by atoms with Crippen LogP contribution in [-0.4, -0.2) is 50.3 Å². The Bertz CT molecular complexity index is 1200. The van der Waals surface area contributed by atoms with E-state index in [1.807, 2.05) is 47.8 Å². The molecular formula is C24H25F3N2O4S2. The number of ether oxygens (including phenoxy) is 1. The number of amides is 1. The molecule has 0 radical (unpaired) electrons. The highest BCUT2D eigenvalue weighted by Crippen LogP contribution is 2.31. The van der Waals surface area contributed by atoms with E-state index < -0.39 is 39.1 Å². The molecule has 0 unspecified atom stereocenters. The van der Waals surface area contributed by atoms with E-state index in [4.69, 9.17) is 4.74 Å². The van der Waals surface area contributed by atoms with E-state index in [1.54, 1.807) is 0 Å². The fourth-order valence-corrected chi connectivity index (χ4v) is 5.48. The van der Waals surface area contributed by atoms with Crippen molar-refractivity contribution in [2.45, 2.75) is 24.2 Å². The maximum Gasteiger partial charge on any atom is 0.416 e. The van der Waals surface area contributed by atoms with Crippen LogP contribution >= 0.6 is 11.3 Å². The first-order chi connectivity index (χ1) is 16.6. The van der Waals surface area contributed by atoms with Crippen molar-refractivity contribution in [3.05, 3.63) is 88.1 Å². The van der Waals surface area contributed by atoms with Crippen molar-refractivity contribution in [2.24, 2.45) is 0 Å². The first-order valence-corrected chi connectivity index (χ1v) is 12.9. The summed E-state index contributed by atoms with van der Waals surface area (Å²) in [5.41, 5.74) is -0.221. The zero-order valence-electron chi connectivity index (χ0n) is 18.9. The summed E-state index contributed by atoms with van der Waals surface area (Å²) in [6.45, 7) is -0.249. The maximum absolute atomic E-state index is 13.4. The summed E-state index contributed by atoms with van der Waals surface area (Å²) >= 11 is 1.47. The number of alkyl halides is 3. The van der Waals surface area contributed by atoms with Gasteiger partial charge in [0.2, 0.25) is 15.9 Å². The lowest BCUT2D eigenvalue weighted by atomic mass is 10.2. The number of rotatable bonds is 11. The summed E-state index contributed by atoms with van der Waals surface area (Å²) in [4.78, 5) is 15.3. The average molecular weight is 527 g/mol. The van der Waals surface area contributed by atoms with E-state index in [9.17, 15) is 26.4 Å². The number of hydrogen-bond acceptors (Lipinski definition) is 5. The third-order valence-corrected chi connectivity index (χ3v) is 7.85. The predicted octanol–water partition coefficient (Wildman–Crippen LogP) is 4.63. The highest BCUT2D eigenvalue weighted by atomic mass is 32.2. The SMILES string of the molecule is COCCN(CC(=O)N(Cc1ccccc1)Cc1cccs1)S(=O)(=O)c1cccc(C(F)(F)F)c1. The molecule has 11 heteroatoms. The summed E-state index contributed by atoms with van der Waals surface area (Å²) in [6, 6.07) is 16.5. The molecule has 2 aromatic carbocycles. The summed E-state index contributed by atoms with van der Waals surface area (Å²) in [5.74, 6) is -0.478. The van der Waals surface area contributed by atoms with E-state index in [0.717, 1.165) is 32.9 Å². The van der Waals surface area contributed by atoms with Crippen molar-refractivity contribution in [2.75, 3.05) is 26.8 Å². The van der Waals surface area contributed by atoms with Crippen LogP contribution in [0.15, 0.2) is 77.0 Å². The van der Waals surface area contributed by atoms with Gasteiger partial charge in [-0.2, -0.15) is 17.5 Å². The Kier molecular flexibility index (Phi) is 9.06. The van der Waals surface area contributed by atoms with Crippen LogP contribution in [0, 0.1) is 0 Å². The van der Waals surface area contributed by atoms with Gasteiger partial charge in [-0.3, -0.25) is 4.79 Å². The van der Waals surface area contributed by atoms with Gasteiger partial charge in [0.15, 0.2) is 0 Å². The smallest absolute Gasteiger partial charge is 0.383 e. The van der Waals surface area contributed by atoms with Crippen LogP contribution in [0.1, 0.15) is 16.0 Å². The molecule has 1 aromatic heterocycles. The van der Waals surface area contributed by atoms with Gasteiger partial charge in [0, 0.05) is 25.1 Å². The molecule has 0 saturated heterocycles. The molecule has 0 aliphatic heterocycles. The number of sulfonamides is 1. The lowest BCUT2D eigenvalue weighted by Crippen LogP contribution is -2.43. The van der Waals surface area contributed by atoms with Crippen LogP contribution in [0.2, 0.25) is 0 Å². The lowest BCUT2D eigenvalue weighted by molar-refractivity contribution is -0.137. The van der Waals surface area contributed by atoms with Gasteiger partial charge in [0.05, 0.1) is 30.2 Å². The third-order valence-electron chi connectivity index (χ3n) is 5.15. The van der Waals surface area contributed by atoms with E-state index >= 15 is 0 Å². The summed E-state index contributed by atoms with van der Waals surface area (Å²) in [6.07, 6.45) is -4.70. The van der Waals surface area contributed by atoms with Crippen molar-refractivity contribution >= 4 is 27.3 Å². The molecule has 0 bridgehead atoms. The monoisotopic (exact) mass is 526 g/mol. The number of hydrogen-bond donors (Lipinski definition) is 0. The number of thiophene rings is 1. The zero-order valence-corrected chi connectivity index (χ0v) is 20.6. The Morgan fingerprint density at radius 3 is 2.37 bits per heavy atom. The molecule has 0 aliphatic rings. The Hall–Kier alpha value is -2.73. The molecule has 35 heavy (non-hydrogen) atoms. The predicted molar refractivity (Wildman–Crippen MR) is 127 cm³/mol. The molecule has 0 fully saturated rings. The Labute approximate surface area is 206 Å². The van der Waals surface area contributed by atoms with Crippen LogP contribution < -0.4 is 0 Å².